The van der Waals surface area contributed by atoms with Crippen molar-refractivity contribution in [2.24, 2.45) is 0 Å². The lowest BCUT2D eigenvalue weighted by atomic mass is 10.1. The number of nitrogens with zero attached hydrogens (tertiary/aromatic N) is 5. The lowest BCUT2D eigenvalue weighted by Crippen LogP contribution is -2.46. The Labute approximate surface area is 154 Å². The Morgan fingerprint density at radius 3 is 2.38 bits per heavy atom. The van der Waals surface area contributed by atoms with E-state index in [2.05, 4.69) is 39.2 Å². The van der Waals surface area contributed by atoms with Gasteiger partial charge in [0.1, 0.15) is 0 Å². The molecule has 7 nitrogen and oxygen atoms in total. The number of hydrogen-bond donors (Lipinski definition) is 1. The van der Waals surface area contributed by atoms with Crippen LogP contribution in [0, 0.1) is 0 Å². The van der Waals surface area contributed by atoms with Gasteiger partial charge >= 0.3 is 0 Å². The van der Waals surface area contributed by atoms with Crippen molar-refractivity contribution >= 4 is 17.0 Å². The van der Waals surface area contributed by atoms with E-state index in [0.29, 0.717) is 13.1 Å². The summed E-state index contributed by atoms with van der Waals surface area (Å²) in [4.78, 5) is 6.53. The summed E-state index contributed by atoms with van der Waals surface area (Å²) >= 11 is -1.87. The van der Waals surface area contributed by atoms with Crippen molar-refractivity contribution in [2.75, 3.05) is 31.1 Å². The highest BCUT2D eigenvalue weighted by Gasteiger charge is 2.20. The van der Waals surface area contributed by atoms with Crippen LogP contribution in [-0.2, 0) is 11.3 Å². The maximum absolute atomic E-state index is 11.1. The highest BCUT2D eigenvalue weighted by Crippen LogP contribution is 2.24. The highest BCUT2D eigenvalue weighted by atomic mass is 32.2. The second-order valence-corrected chi connectivity index (χ2v) is 7.03. The molecule has 8 heteroatoms. The molecule has 1 aliphatic rings. The number of hydrogen-bond acceptors (Lipinski definition) is 4. The smallest absolute Gasteiger partial charge is 0.234 e. The Kier molecular flexibility index (Phi) is 4.79. The van der Waals surface area contributed by atoms with Gasteiger partial charge in [-0.15, -0.1) is 0 Å². The predicted octanol–water partition coefficient (Wildman–Crippen LogP) is 2.19. The summed E-state index contributed by atoms with van der Waals surface area (Å²) in [5.74, 6) is 0.787. The Morgan fingerprint density at radius 1 is 0.962 bits per heavy atom. The average molecular weight is 369 g/mol. The zero-order valence-corrected chi connectivity index (χ0v) is 14.9. The molecule has 0 aliphatic carbocycles. The van der Waals surface area contributed by atoms with Gasteiger partial charge in [0.15, 0.2) is 5.82 Å². The van der Waals surface area contributed by atoms with E-state index in [9.17, 15) is 4.21 Å². The van der Waals surface area contributed by atoms with E-state index in [-0.39, 0.29) is 0 Å². The second-order valence-electron chi connectivity index (χ2n) is 6.06. The van der Waals surface area contributed by atoms with Crippen molar-refractivity contribution in [1.29, 1.82) is 0 Å². The standard InChI is InChI=1S/C18H19N5O2S/c24-26(25)22-11-9-21(10-12-22)17-6-4-15(5-7-17)16-13-20-23(14-16)18-3-1-2-8-19-18/h1-8,13-14H,9-12H2,(H,24,25). The molecule has 1 unspecified atom stereocenters. The first-order valence-corrected chi connectivity index (χ1v) is 9.44. The molecule has 1 atom stereocenters. The minimum absolute atomic E-state index is 0.585. The number of pyridine rings is 1. The van der Waals surface area contributed by atoms with Crippen LogP contribution in [0.15, 0.2) is 61.1 Å². The van der Waals surface area contributed by atoms with Gasteiger partial charge in [-0.2, -0.15) is 9.40 Å². The number of anilines is 1. The molecular formula is C18H19N5O2S. The van der Waals surface area contributed by atoms with Gasteiger partial charge in [-0.3, -0.25) is 4.55 Å². The fourth-order valence-corrected chi connectivity index (χ4v) is 3.53. The second kappa shape index (κ2) is 7.36. The molecule has 0 bridgehead atoms. The van der Waals surface area contributed by atoms with E-state index in [0.717, 1.165) is 35.7 Å². The first kappa shape index (κ1) is 16.9. The molecule has 1 fully saturated rings. The molecule has 4 rings (SSSR count). The van der Waals surface area contributed by atoms with Gasteiger partial charge in [0, 0.05) is 49.8 Å². The summed E-state index contributed by atoms with van der Waals surface area (Å²) in [6, 6.07) is 14.0. The molecule has 0 amide bonds. The molecule has 1 aromatic carbocycles. The summed E-state index contributed by atoms with van der Waals surface area (Å²) in [5.41, 5.74) is 3.24. The van der Waals surface area contributed by atoms with Crippen LogP contribution in [0.1, 0.15) is 0 Å². The van der Waals surface area contributed by atoms with Crippen molar-refractivity contribution in [3.8, 4) is 16.9 Å². The molecular weight excluding hydrogens is 350 g/mol. The average Bonchev–Trinajstić information content (AvgIpc) is 3.19. The zero-order chi connectivity index (χ0) is 17.9. The highest BCUT2D eigenvalue weighted by molar-refractivity contribution is 7.76. The van der Waals surface area contributed by atoms with Gasteiger partial charge in [-0.05, 0) is 29.8 Å². The minimum Gasteiger partial charge on any atom is -0.369 e. The van der Waals surface area contributed by atoms with Crippen LogP contribution < -0.4 is 4.90 Å². The SMILES string of the molecule is O=S(O)N1CCN(c2ccc(-c3cnn(-c4ccccn4)c3)cc2)CC1. The third-order valence-corrected chi connectivity index (χ3v) is 5.30. The van der Waals surface area contributed by atoms with Crippen LogP contribution in [0.3, 0.4) is 0 Å². The van der Waals surface area contributed by atoms with Gasteiger partial charge in [0.25, 0.3) is 0 Å². The van der Waals surface area contributed by atoms with Crippen LogP contribution in [0.2, 0.25) is 0 Å². The molecule has 26 heavy (non-hydrogen) atoms. The molecule has 1 saturated heterocycles. The first-order valence-electron chi connectivity index (χ1n) is 8.38. The van der Waals surface area contributed by atoms with Gasteiger partial charge in [0.2, 0.25) is 11.3 Å². The van der Waals surface area contributed by atoms with Crippen LogP contribution in [-0.4, -0.2) is 54.0 Å². The third kappa shape index (κ3) is 3.52. The molecule has 0 radical (unpaired) electrons. The third-order valence-electron chi connectivity index (χ3n) is 4.49. The van der Waals surface area contributed by atoms with Gasteiger partial charge < -0.3 is 4.90 Å². The topological polar surface area (TPSA) is 74.5 Å². The quantitative estimate of drug-likeness (QED) is 0.714. The molecule has 3 heterocycles. The predicted molar refractivity (Wildman–Crippen MR) is 101 cm³/mol. The van der Waals surface area contributed by atoms with E-state index in [1.807, 2.05) is 30.6 Å². The Balaban J connectivity index is 1.47. The van der Waals surface area contributed by atoms with Crippen molar-refractivity contribution in [1.82, 2.24) is 19.1 Å². The van der Waals surface area contributed by atoms with Crippen molar-refractivity contribution in [3.63, 3.8) is 0 Å². The van der Waals surface area contributed by atoms with E-state index in [1.165, 1.54) is 0 Å². The van der Waals surface area contributed by atoms with Crippen molar-refractivity contribution < 1.29 is 8.76 Å². The van der Waals surface area contributed by atoms with E-state index in [4.69, 9.17) is 4.55 Å². The lowest BCUT2D eigenvalue weighted by molar-refractivity contribution is 0.373. The fourth-order valence-electron chi connectivity index (χ4n) is 3.05. The van der Waals surface area contributed by atoms with Crippen LogP contribution in [0.4, 0.5) is 5.69 Å². The van der Waals surface area contributed by atoms with Crippen LogP contribution >= 0.6 is 0 Å². The molecule has 3 aromatic rings. The van der Waals surface area contributed by atoms with Crippen molar-refractivity contribution in [2.45, 2.75) is 0 Å². The molecule has 1 N–H and O–H groups in total. The lowest BCUT2D eigenvalue weighted by Gasteiger charge is -2.33. The Hall–Kier alpha value is -2.55. The summed E-state index contributed by atoms with van der Waals surface area (Å²) in [6.07, 6.45) is 5.54. The molecule has 1 aliphatic heterocycles. The summed E-state index contributed by atoms with van der Waals surface area (Å²) in [5, 5.41) is 4.39. The molecule has 0 saturated carbocycles. The summed E-state index contributed by atoms with van der Waals surface area (Å²) < 4.78 is 23.6. The van der Waals surface area contributed by atoms with Gasteiger partial charge in [0.05, 0.1) is 6.20 Å². The first-order chi connectivity index (χ1) is 12.7. The van der Waals surface area contributed by atoms with Crippen LogP contribution in [0.5, 0.6) is 0 Å². The molecule has 134 valence electrons. The normalized spacial score (nSPS) is 16.6. The molecule has 2 aromatic heterocycles. The Morgan fingerprint density at radius 2 is 1.73 bits per heavy atom. The number of benzene rings is 1. The molecule has 0 spiro atoms. The number of rotatable bonds is 4. The maximum Gasteiger partial charge on any atom is 0.234 e. The maximum atomic E-state index is 11.1. The van der Waals surface area contributed by atoms with E-state index in [1.54, 1.807) is 15.2 Å². The van der Waals surface area contributed by atoms with Crippen molar-refractivity contribution in [3.05, 3.63) is 61.1 Å². The van der Waals surface area contributed by atoms with Gasteiger partial charge in [-0.25, -0.2) is 13.9 Å². The van der Waals surface area contributed by atoms with E-state index >= 15 is 0 Å². The summed E-state index contributed by atoms with van der Waals surface area (Å²) in [6.45, 7) is 2.65. The monoisotopic (exact) mass is 369 g/mol. The van der Waals surface area contributed by atoms with Crippen LogP contribution in [0.25, 0.3) is 16.9 Å². The zero-order valence-electron chi connectivity index (χ0n) is 14.1. The fraction of sp³-hybridized carbons (Fsp3) is 0.222. The minimum atomic E-state index is -1.87. The number of piperazine rings is 1. The Bertz CT molecular complexity index is 889. The largest absolute Gasteiger partial charge is 0.369 e. The summed E-state index contributed by atoms with van der Waals surface area (Å²) in [7, 11) is 0. The van der Waals surface area contributed by atoms with Gasteiger partial charge in [-0.1, -0.05) is 18.2 Å². The number of aromatic nitrogens is 3. The van der Waals surface area contributed by atoms with E-state index < -0.39 is 11.3 Å².